The number of benzene rings is 3. The second-order valence-corrected chi connectivity index (χ2v) is 7.17. The number of anilines is 1. The Bertz CT molecular complexity index is 1380. The highest BCUT2D eigenvalue weighted by Gasteiger charge is 2.36. The van der Waals surface area contributed by atoms with Crippen molar-refractivity contribution in [1.82, 2.24) is 0 Å². The van der Waals surface area contributed by atoms with E-state index in [1.165, 1.54) is 37.5 Å². The van der Waals surface area contributed by atoms with Gasteiger partial charge >= 0.3 is 11.9 Å². The molecule has 3 aromatic rings. The minimum absolute atomic E-state index is 0.127. The normalized spacial score (nSPS) is 12.7. The van der Waals surface area contributed by atoms with Crippen molar-refractivity contribution in [1.29, 1.82) is 5.26 Å². The maximum absolute atomic E-state index is 12.8. The molecule has 2 amide bonds. The van der Waals surface area contributed by atoms with Crippen LogP contribution in [0.2, 0.25) is 0 Å². The number of esters is 2. The molecule has 8 nitrogen and oxygen atoms in total. The van der Waals surface area contributed by atoms with Crippen LogP contribution in [-0.2, 0) is 9.53 Å². The molecule has 3 aromatic carbocycles. The fourth-order valence-electron chi connectivity index (χ4n) is 3.44. The number of nitrogens with zero attached hydrogens (tertiary/aromatic N) is 2. The lowest BCUT2D eigenvalue weighted by Gasteiger charge is -2.15. The van der Waals surface area contributed by atoms with Gasteiger partial charge in [-0.2, -0.15) is 5.26 Å². The third-order valence-electron chi connectivity index (χ3n) is 5.04. The lowest BCUT2D eigenvalue weighted by Crippen LogP contribution is -2.29. The summed E-state index contributed by atoms with van der Waals surface area (Å²) < 4.78 is 9.97. The largest absolute Gasteiger partial charge is 0.465 e. The van der Waals surface area contributed by atoms with Crippen molar-refractivity contribution in [3.05, 3.63) is 101 Å². The number of fused-ring (bicyclic) bond motifs is 1. The summed E-state index contributed by atoms with van der Waals surface area (Å²) in [7, 11) is 1.17. The van der Waals surface area contributed by atoms with Gasteiger partial charge in [-0.05, 0) is 54.1 Å². The first-order chi connectivity index (χ1) is 16.4. The van der Waals surface area contributed by atoms with E-state index in [0.29, 0.717) is 16.7 Å². The lowest BCUT2D eigenvalue weighted by molar-refractivity contribution is -0.135. The fraction of sp³-hybridized carbons (Fsp3) is 0.0385. The molecule has 0 fully saturated rings. The van der Waals surface area contributed by atoms with Crippen LogP contribution in [0.1, 0.15) is 36.6 Å². The van der Waals surface area contributed by atoms with E-state index >= 15 is 0 Å². The highest BCUT2D eigenvalue weighted by molar-refractivity contribution is 6.34. The maximum Gasteiger partial charge on any atom is 0.348 e. The zero-order valence-corrected chi connectivity index (χ0v) is 17.8. The van der Waals surface area contributed by atoms with Gasteiger partial charge in [0.2, 0.25) is 0 Å². The number of rotatable bonds is 5. The molecule has 1 aliphatic heterocycles. The van der Waals surface area contributed by atoms with E-state index in [2.05, 4.69) is 4.74 Å². The topological polar surface area (TPSA) is 114 Å². The van der Waals surface area contributed by atoms with Gasteiger partial charge in [0.1, 0.15) is 17.4 Å². The van der Waals surface area contributed by atoms with E-state index in [1.807, 2.05) is 0 Å². The zero-order chi connectivity index (χ0) is 24.2. The Morgan fingerprint density at radius 1 is 0.912 bits per heavy atom. The molecular formula is C26H16N2O6. The van der Waals surface area contributed by atoms with Gasteiger partial charge in [0, 0.05) is 0 Å². The molecule has 4 rings (SSSR count). The quantitative estimate of drug-likeness (QED) is 0.190. The van der Waals surface area contributed by atoms with Crippen LogP contribution < -0.4 is 9.64 Å². The molecule has 8 heteroatoms. The molecule has 1 aliphatic rings. The molecular weight excluding hydrogens is 436 g/mol. The van der Waals surface area contributed by atoms with Gasteiger partial charge in [0.05, 0.1) is 29.5 Å². The molecule has 0 spiro atoms. The number of carbonyl (C=O) groups is 4. The predicted molar refractivity (Wildman–Crippen MR) is 121 cm³/mol. The maximum atomic E-state index is 12.8. The Morgan fingerprint density at radius 2 is 1.59 bits per heavy atom. The first-order valence-electron chi connectivity index (χ1n) is 10.0. The van der Waals surface area contributed by atoms with Crippen LogP contribution >= 0.6 is 0 Å². The summed E-state index contributed by atoms with van der Waals surface area (Å²) in [4.78, 5) is 50.8. The molecule has 0 unspecified atom stereocenters. The van der Waals surface area contributed by atoms with E-state index in [4.69, 9.17) is 10.00 Å². The number of amides is 2. The third-order valence-corrected chi connectivity index (χ3v) is 5.04. The molecule has 34 heavy (non-hydrogen) atoms. The van der Waals surface area contributed by atoms with Crippen LogP contribution in [-0.4, -0.2) is 30.9 Å². The van der Waals surface area contributed by atoms with Crippen LogP contribution in [0, 0.1) is 11.3 Å². The number of carbonyl (C=O) groups excluding carboxylic acids is 4. The summed E-state index contributed by atoms with van der Waals surface area (Å²) in [5.74, 6) is -2.26. The molecule has 0 bridgehead atoms. The van der Waals surface area contributed by atoms with Gasteiger partial charge in [-0.3, -0.25) is 9.59 Å². The standard InChI is InChI=1S/C26H16N2O6/c1-33-25(31)18(15-27)12-16-6-4-9-20(13-16)34-26(32)17-7-5-8-19(14-17)28-23(29)21-10-2-3-11-22(21)24(28)30/h2-14H,1H3/b18-12+. The Hall–Kier alpha value is -5.03. The second-order valence-electron chi connectivity index (χ2n) is 7.17. The molecule has 1 heterocycles. The average molecular weight is 452 g/mol. The third kappa shape index (κ3) is 4.18. The van der Waals surface area contributed by atoms with Crippen LogP contribution in [0.4, 0.5) is 5.69 Å². The van der Waals surface area contributed by atoms with Crippen molar-refractivity contribution in [3.8, 4) is 11.8 Å². The number of hydrogen-bond acceptors (Lipinski definition) is 7. The smallest absolute Gasteiger partial charge is 0.348 e. The van der Waals surface area contributed by atoms with E-state index in [-0.39, 0.29) is 22.6 Å². The molecule has 0 radical (unpaired) electrons. The van der Waals surface area contributed by atoms with Gasteiger partial charge in [-0.1, -0.05) is 30.3 Å². The van der Waals surface area contributed by atoms with Crippen molar-refractivity contribution >= 4 is 35.5 Å². The number of hydrogen-bond donors (Lipinski definition) is 0. The number of nitriles is 1. The minimum Gasteiger partial charge on any atom is -0.465 e. The van der Waals surface area contributed by atoms with Crippen LogP contribution in [0.25, 0.3) is 6.08 Å². The van der Waals surface area contributed by atoms with Gasteiger partial charge in [0.25, 0.3) is 11.8 Å². The Balaban J connectivity index is 1.56. The van der Waals surface area contributed by atoms with Crippen LogP contribution in [0.3, 0.4) is 0 Å². The Kier molecular flexibility index (Phi) is 6.01. The summed E-state index contributed by atoms with van der Waals surface area (Å²) >= 11 is 0. The first kappa shape index (κ1) is 22.2. The van der Waals surface area contributed by atoms with Crippen molar-refractivity contribution in [3.63, 3.8) is 0 Å². The fourth-order valence-corrected chi connectivity index (χ4v) is 3.44. The van der Waals surface area contributed by atoms with Crippen molar-refractivity contribution in [2.45, 2.75) is 0 Å². The van der Waals surface area contributed by atoms with Gasteiger partial charge < -0.3 is 9.47 Å². The van der Waals surface area contributed by atoms with Crippen molar-refractivity contribution < 1.29 is 28.7 Å². The highest BCUT2D eigenvalue weighted by Crippen LogP contribution is 2.29. The van der Waals surface area contributed by atoms with Gasteiger partial charge in [-0.25, -0.2) is 14.5 Å². The predicted octanol–water partition coefficient (Wildman–Crippen LogP) is 3.79. The number of ether oxygens (including phenoxy) is 2. The lowest BCUT2D eigenvalue weighted by atomic mass is 10.1. The summed E-state index contributed by atoms with van der Waals surface area (Å²) in [6.45, 7) is 0. The Morgan fingerprint density at radius 3 is 2.24 bits per heavy atom. The van der Waals surface area contributed by atoms with E-state index in [1.54, 1.807) is 54.6 Å². The zero-order valence-electron chi connectivity index (χ0n) is 17.8. The SMILES string of the molecule is COC(=O)/C(C#N)=C/c1cccc(OC(=O)c2cccc(N3C(=O)c4ccccc4C3=O)c2)c1. The van der Waals surface area contributed by atoms with Crippen molar-refractivity contribution in [2.75, 3.05) is 12.0 Å². The molecule has 0 aliphatic carbocycles. The van der Waals surface area contributed by atoms with Crippen LogP contribution in [0.15, 0.2) is 78.4 Å². The summed E-state index contributed by atoms with van der Waals surface area (Å²) in [6.07, 6.45) is 1.31. The number of methoxy groups -OCH3 is 1. The Labute approximate surface area is 194 Å². The highest BCUT2D eigenvalue weighted by atomic mass is 16.5. The molecule has 166 valence electrons. The number of imide groups is 1. The molecule has 0 saturated heterocycles. The summed E-state index contributed by atoms with van der Waals surface area (Å²) in [6, 6.07) is 20.5. The first-order valence-corrected chi connectivity index (χ1v) is 10.0. The van der Waals surface area contributed by atoms with Crippen molar-refractivity contribution in [2.24, 2.45) is 0 Å². The summed E-state index contributed by atoms with van der Waals surface area (Å²) in [5, 5.41) is 9.11. The average Bonchev–Trinajstić information content (AvgIpc) is 3.12. The molecule has 0 atom stereocenters. The van der Waals surface area contributed by atoms with Gasteiger partial charge in [0.15, 0.2) is 0 Å². The summed E-state index contributed by atoms with van der Waals surface area (Å²) in [5.41, 5.74) is 1.21. The van der Waals surface area contributed by atoms with Crippen LogP contribution in [0.5, 0.6) is 5.75 Å². The minimum atomic E-state index is -0.783. The van der Waals surface area contributed by atoms with Gasteiger partial charge in [-0.15, -0.1) is 0 Å². The van der Waals surface area contributed by atoms with E-state index in [0.717, 1.165) is 4.90 Å². The van der Waals surface area contributed by atoms with E-state index < -0.39 is 23.8 Å². The molecule has 0 N–H and O–H groups in total. The second kappa shape index (κ2) is 9.22. The molecule has 0 aromatic heterocycles. The monoisotopic (exact) mass is 452 g/mol. The molecule has 0 saturated carbocycles. The van der Waals surface area contributed by atoms with E-state index in [9.17, 15) is 19.2 Å².